The van der Waals surface area contributed by atoms with Crippen LogP contribution in [0.5, 0.6) is 0 Å². The number of hydrogen-bond acceptors (Lipinski definition) is 5. The second-order valence-electron chi connectivity index (χ2n) is 6.80. The van der Waals surface area contributed by atoms with E-state index < -0.39 is 5.60 Å². The average Bonchev–Trinajstić information content (AvgIpc) is 2.95. The van der Waals surface area contributed by atoms with E-state index in [1.807, 2.05) is 11.8 Å². The maximum Gasteiger partial charge on any atom is 0.256 e. The van der Waals surface area contributed by atoms with Gasteiger partial charge in [0.2, 0.25) is 0 Å². The van der Waals surface area contributed by atoms with Crippen molar-refractivity contribution in [3.63, 3.8) is 0 Å². The lowest BCUT2D eigenvalue weighted by Gasteiger charge is -2.42. The average molecular weight is 336 g/mol. The van der Waals surface area contributed by atoms with Crippen LogP contribution < -0.4 is 0 Å². The van der Waals surface area contributed by atoms with Crippen LogP contribution in [0.2, 0.25) is 0 Å². The Balaban J connectivity index is 1.66. The quantitative estimate of drug-likeness (QED) is 0.878. The summed E-state index contributed by atoms with van der Waals surface area (Å²) in [7, 11) is 0. The number of ether oxygens (including phenoxy) is 2. The Morgan fingerprint density at radius 1 is 1.29 bits per heavy atom. The van der Waals surface area contributed by atoms with E-state index in [4.69, 9.17) is 9.47 Å². The molecule has 2 fully saturated rings. The summed E-state index contributed by atoms with van der Waals surface area (Å²) in [6.45, 7) is 11.3. The number of morpholine rings is 2. The van der Waals surface area contributed by atoms with E-state index in [9.17, 15) is 4.79 Å². The minimum Gasteiger partial charge on any atom is -0.378 e. The number of amides is 1. The van der Waals surface area contributed by atoms with Gasteiger partial charge in [0, 0.05) is 44.8 Å². The number of rotatable bonds is 4. The summed E-state index contributed by atoms with van der Waals surface area (Å²) in [4.78, 5) is 25.0. The first-order valence-electron chi connectivity index (χ1n) is 8.79. The fraction of sp³-hybridized carbons (Fsp3) is 0.765. The topological polar surface area (TPSA) is 70.7 Å². The van der Waals surface area contributed by atoms with Gasteiger partial charge < -0.3 is 19.4 Å². The zero-order valence-corrected chi connectivity index (χ0v) is 14.9. The summed E-state index contributed by atoms with van der Waals surface area (Å²) >= 11 is 0. The van der Waals surface area contributed by atoms with Gasteiger partial charge in [-0.25, -0.2) is 4.98 Å². The van der Waals surface area contributed by atoms with Gasteiger partial charge in [0.05, 0.1) is 25.5 Å². The van der Waals surface area contributed by atoms with Gasteiger partial charge in [0.1, 0.15) is 5.82 Å². The summed E-state index contributed by atoms with van der Waals surface area (Å²) in [5, 5.41) is 0. The molecule has 0 saturated carbocycles. The Bertz CT molecular complexity index is 582. The van der Waals surface area contributed by atoms with Crippen LogP contribution in [-0.2, 0) is 27.2 Å². The molecule has 24 heavy (non-hydrogen) atoms. The third-order valence-corrected chi connectivity index (χ3v) is 4.85. The van der Waals surface area contributed by atoms with E-state index in [1.165, 1.54) is 0 Å². The smallest absolute Gasteiger partial charge is 0.256 e. The van der Waals surface area contributed by atoms with Crippen molar-refractivity contribution in [1.29, 1.82) is 0 Å². The molecule has 0 unspecified atom stereocenters. The molecule has 3 rings (SSSR count). The standard InChI is InChI=1S/C17H28N4O3/c1-4-15-18-13(2)14(19-15)11-20-5-10-24-17(3,12-20)16(22)21-6-8-23-9-7-21/h4-12H2,1-3H3,(H,18,19)/t17-/m0/s1. The summed E-state index contributed by atoms with van der Waals surface area (Å²) in [6, 6.07) is 0. The summed E-state index contributed by atoms with van der Waals surface area (Å²) in [5.74, 6) is 1.09. The summed E-state index contributed by atoms with van der Waals surface area (Å²) in [5.41, 5.74) is 1.39. The van der Waals surface area contributed by atoms with Gasteiger partial charge in [0.15, 0.2) is 5.60 Å². The number of hydrogen-bond donors (Lipinski definition) is 1. The molecule has 2 aliphatic rings. The number of aromatic nitrogens is 2. The van der Waals surface area contributed by atoms with Crippen molar-refractivity contribution in [1.82, 2.24) is 19.8 Å². The Morgan fingerprint density at radius 2 is 2.04 bits per heavy atom. The molecule has 2 aliphatic heterocycles. The van der Waals surface area contributed by atoms with Crippen LogP contribution in [0.25, 0.3) is 0 Å². The van der Waals surface area contributed by atoms with Gasteiger partial charge in [-0.2, -0.15) is 0 Å². The van der Waals surface area contributed by atoms with E-state index in [2.05, 4.69) is 28.7 Å². The molecule has 0 aliphatic carbocycles. The predicted octanol–water partition coefficient (Wildman–Crippen LogP) is 0.730. The maximum absolute atomic E-state index is 12.9. The van der Waals surface area contributed by atoms with Crippen molar-refractivity contribution in [3.05, 3.63) is 17.2 Å². The molecule has 1 amide bonds. The van der Waals surface area contributed by atoms with Gasteiger partial charge in [-0.15, -0.1) is 0 Å². The number of aromatic amines is 1. The lowest BCUT2D eigenvalue weighted by atomic mass is 10.0. The van der Waals surface area contributed by atoms with Crippen LogP contribution in [-0.4, -0.2) is 77.3 Å². The number of aryl methyl sites for hydroxylation is 2. The second-order valence-corrected chi connectivity index (χ2v) is 6.80. The molecule has 2 saturated heterocycles. The largest absolute Gasteiger partial charge is 0.378 e. The molecule has 0 spiro atoms. The normalized spacial score (nSPS) is 25.9. The SMILES string of the molecule is CCc1nc(CN2CCO[C@](C)(C(=O)N3CCOCC3)C2)c(C)[nH]1. The van der Waals surface area contributed by atoms with Crippen molar-refractivity contribution >= 4 is 5.91 Å². The predicted molar refractivity (Wildman–Crippen MR) is 89.7 cm³/mol. The zero-order valence-electron chi connectivity index (χ0n) is 14.9. The molecule has 1 aromatic heterocycles. The number of nitrogens with one attached hydrogen (secondary N) is 1. The monoisotopic (exact) mass is 336 g/mol. The third-order valence-electron chi connectivity index (χ3n) is 4.85. The summed E-state index contributed by atoms with van der Waals surface area (Å²) in [6.07, 6.45) is 0.900. The Kier molecular flexibility index (Phi) is 5.22. The summed E-state index contributed by atoms with van der Waals surface area (Å²) < 4.78 is 11.2. The first-order chi connectivity index (χ1) is 11.5. The lowest BCUT2D eigenvalue weighted by molar-refractivity contribution is -0.171. The molecule has 1 aromatic rings. The molecule has 0 bridgehead atoms. The first-order valence-corrected chi connectivity index (χ1v) is 8.79. The molecule has 0 radical (unpaired) electrons. The van der Waals surface area contributed by atoms with E-state index >= 15 is 0 Å². The lowest BCUT2D eigenvalue weighted by Crippen LogP contribution is -2.60. The second kappa shape index (κ2) is 7.21. The number of nitrogens with zero attached hydrogens (tertiary/aromatic N) is 3. The van der Waals surface area contributed by atoms with E-state index in [0.29, 0.717) is 39.5 Å². The third kappa shape index (κ3) is 3.63. The van der Waals surface area contributed by atoms with Gasteiger partial charge in [0.25, 0.3) is 5.91 Å². The number of H-pyrrole nitrogens is 1. The van der Waals surface area contributed by atoms with Crippen molar-refractivity contribution in [2.45, 2.75) is 39.3 Å². The molecule has 7 nitrogen and oxygen atoms in total. The molecule has 3 heterocycles. The minimum atomic E-state index is -0.784. The van der Waals surface area contributed by atoms with Crippen LogP contribution >= 0.6 is 0 Å². The fourth-order valence-corrected chi connectivity index (χ4v) is 3.41. The van der Waals surface area contributed by atoms with E-state index in [0.717, 1.165) is 36.7 Å². The maximum atomic E-state index is 12.9. The van der Waals surface area contributed by atoms with Gasteiger partial charge in [-0.05, 0) is 13.8 Å². The molecular weight excluding hydrogens is 308 g/mol. The first kappa shape index (κ1) is 17.4. The Labute approximate surface area is 143 Å². The number of imidazole rings is 1. The highest BCUT2D eigenvalue weighted by molar-refractivity contribution is 5.85. The van der Waals surface area contributed by atoms with Gasteiger partial charge in [-0.1, -0.05) is 6.92 Å². The Morgan fingerprint density at radius 3 is 2.71 bits per heavy atom. The highest BCUT2D eigenvalue weighted by Gasteiger charge is 2.42. The molecule has 0 aromatic carbocycles. The Hall–Kier alpha value is -1.44. The molecule has 7 heteroatoms. The molecule has 134 valence electrons. The van der Waals surface area contributed by atoms with Gasteiger partial charge in [-0.3, -0.25) is 9.69 Å². The number of carbonyl (C=O) groups excluding carboxylic acids is 1. The fourth-order valence-electron chi connectivity index (χ4n) is 3.41. The van der Waals surface area contributed by atoms with E-state index in [-0.39, 0.29) is 5.91 Å². The zero-order chi connectivity index (χ0) is 17.2. The van der Waals surface area contributed by atoms with Crippen LogP contribution in [0, 0.1) is 6.92 Å². The molecular formula is C17H28N4O3. The highest BCUT2D eigenvalue weighted by atomic mass is 16.5. The van der Waals surface area contributed by atoms with Gasteiger partial charge >= 0.3 is 0 Å². The van der Waals surface area contributed by atoms with Crippen LogP contribution in [0.1, 0.15) is 31.1 Å². The van der Waals surface area contributed by atoms with Crippen molar-refractivity contribution in [2.75, 3.05) is 46.0 Å². The van der Waals surface area contributed by atoms with Crippen LogP contribution in [0.3, 0.4) is 0 Å². The minimum absolute atomic E-state index is 0.0727. The van der Waals surface area contributed by atoms with Crippen molar-refractivity contribution in [2.24, 2.45) is 0 Å². The van der Waals surface area contributed by atoms with Crippen molar-refractivity contribution in [3.8, 4) is 0 Å². The highest BCUT2D eigenvalue weighted by Crippen LogP contribution is 2.23. The van der Waals surface area contributed by atoms with Crippen LogP contribution in [0.4, 0.5) is 0 Å². The number of carbonyl (C=O) groups is 1. The molecule has 1 N–H and O–H groups in total. The molecule has 1 atom stereocenters. The van der Waals surface area contributed by atoms with Crippen LogP contribution in [0.15, 0.2) is 0 Å². The van der Waals surface area contributed by atoms with Crippen molar-refractivity contribution < 1.29 is 14.3 Å². The van der Waals surface area contributed by atoms with E-state index in [1.54, 1.807) is 0 Å².